The summed E-state index contributed by atoms with van der Waals surface area (Å²) >= 11 is 4.98. The summed E-state index contributed by atoms with van der Waals surface area (Å²) in [5.41, 5.74) is 9.17. The molecule has 0 amide bonds. The first-order valence-electron chi connectivity index (χ1n) is 6.86. The number of hydrogen-bond acceptors (Lipinski definition) is 2. The standard InChI is InChI=1S/C16H15FN2OS/c17-12-6-4-11(13(8-12)16(18)21)9-19-14-3-1-2-10(14)5-7-15(19)20/h4-8H,1-3,9H2,(H2,18,21). The highest BCUT2D eigenvalue weighted by atomic mass is 32.1. The van der Waals surface area contributed by atoms with E-state index in [1.165, 1.54) is 17.7 Å². The van der Waals surface area contributed by atoms with Gasteiger partial charge in [-0.05, 0) is 42.5 Å². The Kier molecular flexibility index (Phi) is 3.59. The number of aromatic nitrogens is 1. The lowest BCUT2D eigenvalue weighted by Crippen LogP contribution is -2.25. The van der Waals surface area contributed by atoms with Gasteiger partial charge in [0, 0.05) is 17.3 Å². The Balaban J connectivity index is 2.08. The van der Waals surface area contributed by atoms with Crippen molar-refractivity contribution in [2.45, 2.75) is 25.8 Å². The molecule has 1 heterocycles. The number of pyridine rings is 1. The van der Waals surface area contributed by atoms with Crippen LogP contribution in [0.25, 0.3) is 0 Å². The second-order valence-corrected chi connectivity index (χ2v) is 5.69. The molecule has 108 valence electrons. The van der Waals surface area contributed by atoms with E-state index in [0.717, 1.165) is 30.5 Å². The minimum Gasteiger partial charge on any atom is -0.389 e. The average molecular weight is 302 g/mol. The fraction of sp³-hybridized carbons (Fsp3) is 0.250. The molecule has 3 rings (SSSR count). The van der Waals surface area contributed by atoms with Gasteiger partial charge in [-0.1, -0.05) is 24.4 Å². The molecule has 0 radical (unpaired) electrons. The van der Waals surface area contributed by atoms with E-state index < -0.39 is 0 Å². The third-order valence-electron chi connectivity index (χ3n) is 3.92. The number of halogens is 1. The van der Waals surface area contributed by atoms with E-state index >= 15 is 0 Å². The SMILES string of the molecule is NC(=S)c1cc(F)ccc1Cn1c2c(ccc1=O)CCC2. The highest BCUT2D eigenvalue weighted by molar-refractivity contribution is 7.80. The van der Waals surface area contributed by atoms with Crippen molar-refractivity contribution >= 4 is 17.2 Å². The van der Waals surface area contributed by atoms with Crippen molar-refractivity contribution in [1.29, 1.82) is 0 Å². The van der Waals surface area contributed by atoms with Crippen LogP contribution in [-0.2, 0) is 19.4 Å². The maximum atomic E-state index is 13.4. The number of rotatable bonds is 3. The molecule has 5 heteroatoms. The second kappa shape index (κ2) is 5.41. The number of aryl methyl sites for hydroxylation is 1. The van der Waals surface area contributed by atoms with E-state index in [0.29, 0.717) is 12.1 Å². The molecular formula is C16H15FN2OS. The molecule has 21 heavy (non-hydrogen) atoms. The third-order valence-corrected chi connectivity index (χ3v) is 4.14. The summed E-state index contributed by atoms with van der Waals surface area (Å²) in [6.07, 6.45) is 2.96. The molecule has 0 saturated heterocycles. The van der Waals surface area contributed by atoms with Crippen molar-refractivity contribution in [1.82, 2.24) is 4.57 Å². The molecule has 1 aromatic carbocycles. The summed E-state index contributed by atoms with van der Waals surface area (Å²) in [5.74, 6) is -0.382. The molecule has 0 fully saturated rings. The fourth-order valence-corrected chi connectivity index (χ4v) is 3.08. The Morgan fingerprint density at radius 2 is 2.10 bits per heavy atom. The minimum absolute atomic E-state index is 0.0473. The van der Waals surface area contributed by atoms with Gasteiger partial charge in [-0.25, -0.2) is 4.39 Å². The van der Waals surface area contributed by atoms with Gasteiger partial charge in [0.05, 0.1) is 6.54 Å². The average Bonchev–Trinajstić information content (AvgIpc) is 2.92. The van der Waals surface area contributed by atoms with E-state index in [1.54, 1.807) is 16.7 Å². The zero-order valence-electron chi connectivity index (χ0n) is 11.4. The van der Waals surface area contributed by atoms with Crippen LogP contribution in [0.15, 0.2) is 35.1 Å². The number of hydrogen-bond donors (Lipinski definition) is 1. The molecule has 0 bridgehead atoms. The molecular weight excluding hydrogens is 287 g/mol. The van der Waals surface area contributed by atoms with Crippen LogP contribution in [0.5, 0.6) is 0 Å². The maximum absolute atomic E-state index is 13.4. The molecule has 0 aliphatic heterocycles. The Bertz CT molecular complexity index is 782. The van der Waals surface area contributed by atoms with E-state index in [-0.39, 0.29) is 16.4 Å². The molecule has 3 nitrogen and oxygen atoms in total. The first-order valence-corrected chi connectivity index (χ1v) is 7.27. The molecule has 1 aromatic heterocycles. The van der Waals surface area contributed by atoms with Crippen molar-refractivity contribution < 1.29 is 4.39 Å². The summed E-state index contributed by atoms with van der Waals surface area (Å²) in [7, 11) is 0. The van der Waals surface area contributed by atoms with Crippen LogP contribution in [0.4, 0.5) is 4.39 Å². The molecule has 0 unspecified atom stereocenters. The molecule has 1 aliphatic rings. The van der Waals surface area contributed by atoms with E-state index in [1.807, 2.05) is 6.07 Å². The predicted octanol–water partition coefficient (Wildman–Crippen LogP) is 2.16. The highest BCUT2D eigenvalue weighted by Gasteiger charge is 2.17. The smallest absolute Gasteiger partial charge is 0.251 e. The van der Waals surface area contributed by atoms with Crippen LogP contribution in [0.1, 0.15) is 28.8 Å². The Morgan fingerprint density at radius 1 is 1.29 bits per heavy atom. The molecule has 1 aliphatic carbocycles. The van der Waals surface area contributed by atoms with Crippen molar-refractivity contribution in [2.75, 3.05) is 0 Å². The Labute approximate surface area is 127 Å². The van der Waals surface area contributed by atoms with Crippen LogP contribution in [0.2, 0.25) is 0 Å². The minimum atomic E-state index is -0.382. The molecule has 2 aromatic rings. The van der Waals surface area contributed by atoms with Crippen LogP contribution >= 0.6 is 12.2 Å². The molecule has 2 N–H and O–H groups in total. The zero-order valence-corrected chi connectivity index (χ0v) is 12.3. The Hall–Kier alpha value is -2.01. The number of nitrogens with two attached hydrogens (primary N) is 1. The summed E-state index contributed by atoms with van der Waals surface area (Å²) in [6.45, 7) is 0.370. The Morgan fingerprint density at radius 3 is 2.86 bits per heavy atom. The van der Waals surface area contributed by atoms with Crippen molar-refractivity contribution in [3.63, 3.8) is 0 Å². The largest absolute Gasteiger partial charge is 0.389 e. The summed E-state index contributed by atoms with van der Waals surface area (Å²) in [6, 6.07) is 7.83. The van der Waals surface area contributed by atoms with Gasteiger partial charge in [-0.15, -0.1) is 0 Å². The van der Waals surface area contributed by atoms with Crippen molar-refractivity contribution in [2.24, 2.45) is 5.73 Å². The number of fused-ring (bicyclic) bond motifs is 1. The lowest BCUT2D eigenvalue weighted by molar-refractivity contribution is 0.625. The van der Waals surface area contributed by atoms with Gasteiger partial charge in [0.1, 0.15) is 10.8 Å². The summed E-state index contributed by atoms with van der Waals surface area (Å²) < 4.78 is 15.1. The second-order valence-electron chi connectivity index (χ2n) is 5.25. The first-order chi connectivity index (χ1) is 10.1. The van der Waals surface area contributed by atoms with Gasteiger partial charge in [0.2, 0.25) is 0 Å². The zero-order chi connectivity index (χ0) is 15.0. The lowest BCUT2D eigenvalue weighted by atomic mass is 10.1. The lowest BCUT2D eigenvalue weighted by Gasteiger charge is -2.14. The van der Waals surface area contributed by atoms with Gasteiger partial charge in [-0.3, -0.25) is 4.79 Å². The van der Waals surface area contributed by atoms with Crippen LogP contribution in [-0.4, -0.2) is 9.56 Å². The first kappa shape index (κ1) is 13.9. The predicted molar refractivity (Wildman–Crippen MR) is 84.1 cm³/mol. The molecule has 0 spiro atoms. The summed E-state index contributed by atoms with van der Waals surface area (Å²) in [4.78, 5) is 12.3. The van der Waals surface area contributed by atoms with Crippen LogP contribution in [0.3, 0.4) is 0 Å². The molecule has 0 atom stereocenters. The van der Waals surface area contributed by atoms with E-state index in [4.69, 9.17) is 18.0 Å². The van der Waals surface area contributed by atoms with Crippen LogP contribution in [0, 0.1) is 5.82 Å². The fourth-order valence-electron chi connectivity index (χ4n) is 2.89. The third kappa shape index (κ3) is 2.61. The molecule has 0 saturated carbocycles. The van der Waals surface area contributed by atoms with E-state index in [2.05, 4.69) is 0 Å². The number of thiocarbonyl (C=S) groups is 1. The van der Waals surface area contributed by atoms with Gasteiger partial charge >= 0.3 is 0 Å². The number of benzene rings is 1. The quantitative estimate of drug-likeness (QED) is 0.884. The highest BCUT2D eigenvalue weighted by Crippen LogP contribution is 2.21. The normalized spacial score (nSPS) is 13.2. The van der Waals surface area contributed by atoms with Crippen molar-refractivity contribution in [3.05, 3.63) is 68.9 Å². The van der Waals surface area contributed by atoms with Gasteiger partial charge < -0.3 is 10.3 Å². The van der Waals surface area contributed by atoms with Gasteiger partial charge in [-0.2, -0.15) is 0 Å². The van der Waals surface area contributed by atoms with Gasteiger partial charge in [0.25, 0.3) is 5.56 Å². The maximum Gasteiger partial charge on any atom is 0.251 e. The topological polar surface area (TPSA) is 48.0 Å². The summed E-state index contributed by atoms with van der Waals surface area (Å²) in [5, 5.41) is 0. The van der Waals surface area contributed by atoms with Crippen LogP contribution < -0.4 is 11.3 Å². The monoisotopic (exact) mass is 302 g/mol. The van der Waals surface area contributed by atoms with Crippen molar-refractivity contribution in [3.8, 4) is 0 Å². The van der Waals surface area contributed by atoms with E-state index in [9.17, 15) is 9.18 Å². The van der Waals surface area contributed by atoms with Gasteiger partial charge in [0.15, 0.2) is 0 Å². The number of nitrogens with zero attached hydrogens (tertiary/aromatic N) is 1.